The Morgan fingerprint density at radius 2 is 1.97 bits per heavy atom. The van der Waals surface area contributed by atoms with Crippen molar-refractivity contribution in [3.8, 4) is 11.4 Å². The monoisotopic (exact) mass is 460 g/mol. The summed E-state index contributed by atoms with van der Waals surface area (Å²) in [7, 11) is 0. The molecule has 5 rings (SSSR count). The van der Waals surface area contributed by atoms with E-state index >= 15 is 0 Å². The van der Waals surface area contributed by atoms with Gasteiger partial charge in [0.05, 0.1) is 29.0 Å². The van der Waals surface area contributed by atoms with Gasteiger partial charge >= 0.3 is 11.9 Å². The quantitative estimate of drug-likeness (QED) is 0.406. The van der Waals surface area contributed by atoms with Crippen molar-refractivity contribution in [2.75, 3.05) is 0 Å². The number of benzene rings is 1. The average molecular weight is 460 g/mol. The summed E-state index contributed by atoms with van der Waals surface area (Å²) in [5.74, 6) is -1.34. The van der Waals surface area contributed by atoms with Gasteiger partial charge in [0.1, 0.15) is 12.4 Å². The van der Waals surface area contributed by atoms with Crippen LogP contribution in [0.3, 0.4) is 0 Å². The Labute approximate surface area is 195 Å². The number of rotatable bonds is 6. The number of ketones is 1. The number of pyridine rings is 2. The number of hydrogen-bond acceptors (Lipinski definition) is 7. The molecule has 0 N–H and O–H groups in total. The molecule has 0 radical (unpaired) electrons. The standard InChI is InChI=1S/C26H24N2O6/c1-3-26(34-22(30)10-6-7-15(2)29)19-12-21-23-17(11-16-8-4-5-9-20(16)27-23)13-28(21)24(31)18(19)14-33-25(26)32/h4-5,8-9,11-12H,3,6-7,10,13-14H2,1-2H3. The van der Waals surface area contributed by atoms with Gasteiger partial charge in [-0.05, 0) is 38.0 Å². The number of Topliss-reactive ketones (excluding diaryl/α,β-unsaturated/α-hetero) is 1. The minimum Gasteiger partial charge on any atom is -0.457 e. The summed E-state index contributed by atoms with van der Waals surface area (Å²) in [4.78, 5) is 55.1. The fourth-order valence-corrected chi connectivity index (χ4v) is 4.81. The fraction of sp³-hybridized carbons (Fsp3) is 0.346. The molecule has 8 nitrogen and oxygen atoms in total. The van der Waals surface area contributed by atoms with Gasteiger partial charge in [-0.3, -0.25) is 9.59 Å². The van der Waals surface area contributed by atoms with Crippen LogP contribution in [0.25, 0.3) is 22.3 Å². The van der Waals surface area contributed by atoms with Crippen molar-refractivity contribution in [3.05, 3.63) is 63.4 Å². The number of aromatic nitrogens is 2. The number of para-hydroxylation sites is 1. The van der Waals surface area contributed by atoms with Gasteiger partial charge in [0, 0.05) is 29.4 Å². The van der Waals surface area contributed by atoms with Crippen LogP contribution in [0.1, 0.15) is 56.2 Å². The van der Waals surface area contributed by atoms with Crippen molar-refractivity contribution in [2.24, 2.45) is 0 Å². The van der Waals surface area contributed by atoms with Crippen molar-refractivity contribution >= 4 is 28.6 Å². The van der Waals surface area contributed by atoms with E-state index in [0.29, 0.717) is 35.5 Å². The first-order valence-electron chi connectivity index (χ1n) is 11.4. The molecule has 4 heterocycles. The van der Waals surface area contributed by atoms with Crippen molar-refractivity contribution < 1.29 is 23.9 Å². The molecule has 0 aliphatic carbocycles. The summed E-state index contributed by atoms with van der Waals surface area (Å²) < 4.78 is 12.7. The second-order valence-electron chi connectivity index (χ2n) is 8.79. The largest absolute Gasteiger partial charge is 0.457 e. The van der Waals surface area contributed by atoms with Crippen molar-refractivity contribution in [2.45, 2.75) is 58.3 Å². The summed E-state index contributed by atoms with van der Waals surface area (Å²) in [6, 6.07) is 11.5. The van der Waals surface area contributed by atoms with Crippen LogP contribution in [-0.4, -0.2) is 27.3 Å². The highest BCUT2D eigenvalue weighted by molar-refractivity contribution is 5.88. The molecular formula is C26H24N2O6. The third kappa shape index (κ3) is 3.41. The molecule has 1 unspecified atom stereocenters. The summed E-state index contributed by atoms with van der Waals surface area (Å²) in [6.45, 7) is 3.36. The highest BCUT2D eigenvalue weighted by Crippen LogP contribution is 2.41. The summed E-state index contributed by atoms with van der Waals surface area (Å²) in [6.07, 6.45) is 0.677. The van der Waals surface area contributed by atoms with E-state index in [4.69, 9.17) is 14.5 Å². The van der Waals surface area contributed by atoms with Crippen molar-refractivity contribution in [3.63, 3.8) is 0 Å². The molecule has 0 saturated carbocycles. The lowest BCUT2D eigenvalue weighted by molar-refractivity contribution is -0.189. The maximum atomic E-state index is 13.5. The highest BCUT2D eigenvalue weighted by Gasteiger charge is 2.50. The van der Waals surface area contributed by atoms with E-state index in [1.807, 2.05) is 30.3 Å². The molecule has 3 aromatic rings. The smallest absolute Gasteiger partial charge is 0.355 e. The zero-order valence-corrected chi connectivity index (χ0v) is 19.1. The number of nitrogens with zero attached hydrogens (tertiary/aromatic N) is 2. The topological polar surface area (TPSA) is 105 Å². The zero-order valence-electron chi connectivity index (χ0n) is 19.1. The average Bonchev–Trinajstić information content (AvgIpc) is 3.17. The van der Waals surface area contributed by atoms with Gasteiger partial charge in [0.25, 0.3) is 5.56 Å². The maximum absolute atomic E-state index is 13.5. The number of carbonyl (C=O) groups excluding carboxylic acids is 3. The Kier molecular flexibility index (Phi) is 5.31. The third-order valence-corrected chi connectivity index (χ3v) is 6.58. The molecule has 0 spiro atoms. The van der Waals surface area contributed by atoms with Crippen LogP contribution in [0.5, 0.6) is 0 Å². The Morgan fingerprint density at radius 1 is 1.18 bits per heavy atom. The van der Waals surface area contributed by atoms with Crippen molar-refractivity contribution in [1.29, 1.82) is 0 Å². The molecule has 2 aliphatic rings. The third-order valence-electron chi connectivity index (χ3n) is 6.58. The van der Waals surface area contributed by atoms with Crippen LogP contribution < -0.4 is 5.56 Å². The lowest BCUT2D eigenvalue weighted by atomic mass is 9.85. The van der Waals surface area contributed by atoms with E-state index in [1.54, 1.807) is 17.6 Å². The van der Waals surface area contributed by atoms with Crippen LogP contribution in [-0.2, 0) is 42.6 Å². The molecule has 34 heavy (non-hydrogen) atoms. The van der Waals surface area contributed by atoms with Gasteiger partial charge in [-0.2, -0.15) is 0 Å². The van der Waals surface area contributed by atoms with Gasteiger partial charge in [0.2, 0.25) is 5.60 Å². The first kappa shape index (κ1) is 22.0. The number of cyclic esters (lactones) is 1. The number of fused-ring (bicyclic) bond motifs is 5. The molecule has 1 aromatic carbocycles. The Morgan fingerprint density at radius 3 is 2.74 bits per heavy atom. The maximum Gasteiger partial charge on any atom is 0.355 e. The Hall–Kier alpha value is -3.81. The molecule has 174 valence electrons. The molecule has 2 aliphatic heterocycles. The predicted octanol–water partition coefficient (Wildman–Crippen LogP) is 3.39. The van der Waals surface area contributed by atoms with Crippen LogP contribution >= 0.6 is 0 Å². The van der Waals surface area contributed by atoms with Gasteiger partial charge in [-0.1, -0.05) is 25.1 Å². The minimum atomic E-state index is -1.71. The molecule has 2 aromatic heterocycles. The van der Waals surface area contributed by atoms with E-state index in [9.17, 15) is 19.2 Å². The molecule has 0 saturated heterocycles. The van der Waals surface area contributed by atoms with E-state index in [-0.39, 0.29) is 37.2 Å². The molecule has 1 atom stereocenters. The Balaban J connectivity index is 1.61. The van der Waals surface area contributed by atoms with Gasteiger partial charge in [0.15, 0.2) is 0 Å². The normalized spacial score (nSPS) is 18.1. The first-order valence-corrected chi connectivity index (χ1v) is 11.4. The van der Waals surface area contributed by atoms with E-state index in [2.05, 4.69) is 0 Å². The van der Waals surface area contributed by atoms with Crippen LogP contribution in [0, 0.1) is 0 Å². The first-order chi connectivity index (χ1) is 16.3. The van der Waals surface area contributed by atoms with Gasteiger partial charge < -0.3 is 18.8 Å². The molecular weight excluding hydrogens is 436 g/mol. The van der Waals surface area contributed by atoms with Crippen LogP contribution in [0.4, 0.5) is 0 Å². The Bertz CT molecular complexity index is 1420. The summed E-state index contributed by atoms with van der Waals surface area (Å²) in [5.41, 5.74) is 1.64. The second kappa shape index (κ2) is 8.20. The zero-order chi connectivity index (χ0) is 24.0. The minimum absolute atomic E-state index is 0.00968. The lowest BCUT2D eigenvalue weighted by Gasteiger charge is -2.35. The number of hydrogen-bond donors (Lipinski definition) is 0. The highest BCUT2D eigenvalue weighted by atomic mass is 16.6. The summed E-state index contributed by atoms with van der Waals surface area (Å²) >= 11 is 0. The number of carbonyl (C=O) groups is 3. The van der Waals surface area contributed by atoms with E-state index in [0.717, 1.165) is 16.5 Å². The lowest BCUT2D eigenvalue weighted by Crippen LogP contribution is -2.47. The second-order valence-corrected chi connectivity index (χ2v) is 8.79. The van der Waals surface area contributed by atoms with Gasteiger partial charge in [-0.25, -0.2) is 9.78 Å². The number of esters is 2. The molecule has 0 bridgehead atoms. The van der Waals surface area contributed by atoms with Crippen LogP contribution in [0.2, 0.25) is 0 Å². The van der Waals surface area contributed by atoms with Gasteiger partial charge in [-0.15, -0.1) is 0 Å². The molecule has 0 fully saturated rings. The summed E-state index contributed by atoms with van der Waals surface area (Å²) in [5, 5.41) is 0.979. The van der Waals surface area contributed by atoms with E-state index < -0.39 is 17.5 Å². The SMILES string of the molecule is CCC1(OC(=O)CCCC(C)=O)C(=O)OCc2c1cc1n(c2=O)Cc2cc3ccccc3nc2-1. The van der Waals surface area contributed by atoms with Crippen LogP contribution in [0.15, 0.2) is 41.2 Å². The molecule has 8 heteroatoms. The fourth-order valence-electron chi connectivity index (χ4n) is 4.81. The number of ether oxygens (including phenoxy) is 2. The van der Waals surface area contributed by atoms with Crippen molar-refractivity contribution in [1.82, 2.24) is 9.55 Å². The molecule has 0 amide bonds. The van der Waals surface area contributed by atoms with E-state index in [1.165, 1.54) is 6.92 Å². The predicted molar refractivity (Wildman–Crippen MR) is 123 cm³/mol.